The number of esters is 1. The van der Waals surface area contributed by atoms with Gasteiger partial charge in [-0.1, -0.05) is 142 Å². The first-order valence-electron chi connectivity index (χ1n) is 21.9. The monoisotopic (exact) mass is 689 g/mol. The summed E-state index contributed by atoms with van der Waals surface area (Å²) in [6.07, 6.45) is 43.1. The fourth-order valence-corrected chi connectivity index (χ4v) is 11.3. The molecule has 0 heterocycles. The van der Waals surface area contributed by atoms with Gasteiger partial charge in [0.1, 0.15) is 6.10 Å². The lowest BCUT2D eigenvalue weighted by atomic mass is 9.47. The number of unbranched alkanes of at least 4 members (excludes halogenated alkanes) is 7. The van der Waals surface area contributed by atoms with E-state index in [0.29, 0.717) is 17.3 Å². The topological polar surface area (TPSA) is 26.3 Å². The van der Waals surface area contributed by atoms with E-state index in [-0.39, 0.29) is 12.1 Å². The molecule has 0 radical (unpaired) electrons. The molecule has 0 amide bonds. The Morgan fingerprint density at radius 3 is 2.20 bits per heavy atom. The molecular weight excluding hydrogens is 609 g/mol. The van der Waals surface area contributed by atoms with Crippen LogP contribution in [0.3, 0.4) is 0 Å². The number of rotatable bonds is 21. The lowest BCUT2D eigenvalue weighted by Gasteiger charge is -2.58. The molecule has 0 saturated heterocycles. The molecule has 9 atom stereocenters. The third-order valence-electron chi connectivity index (χ3n) is 14.9. The zero-order valence-electron chi connectivity index (χ0n) is 34.0. The maximum Gasteiger partial charge on any atom is 0.306 e. The molecule has 50 heavy (non-hydrogen) atoms. The first-order valence-corrected chi connectivity index (χ1v) is 21.9. The summed E-state index contributed by atoms with van der Waals surface area (Å²) in [7, 11) is 0. The smallest absolute Gasteiger partial charge is 0.306 e. The first kappa shape index (κ1) is 41.2. The molecule has 0 aromatic heterocycles. The van der Waals surface area contributed by atoms with Crippen LogP contribution in [0.15, 0.2) is 48.1 Å². The van der Waals surface area contributed by atoms with Crippen LogP contribution in [0.25, 0.3) is 0 Å². The van der Waals surface area contributed by atoms with E-state index in [2.05, 4.69) is 91.0 Å². The van der Waals surface area contributed by atoms with Gasteiger partial charge in [-0.15, -0.1) is 0 Å². The minimum absolute atomic E-state index is 0.0503. The minimum atomic E-state index is 0.0503. The number of carbonyl (C=O) groups excluding carboxylic acids is 1. The highest BCUT2D eigenvalue weighted by Crippen LogP contribution is 2.67. The summed E-state index contributed by atoms with van der Waals surface area (Å²) in [4.78, 5) is 12.8. The van der Waals surface area contributed by atoms with Crippen molar-refractivity contribution in [3.63, 3.8) is 0 Å². The second kappa shape index (κ2) is 20.6. The van der Waals surface area contributed by atoms with E-state index in [4.69, 9.17) is 4.74 Å². The maximum absolute atomic E-state index is 12.8. The predicted molar refractivity (Wildman–Crippen MR) is 216 cm³/mol. The van der Waals surface area contributed by atoms with Crippen LogP contribution in [0.4, 0.5) is 0 Å². The van der Waals surface area contributed by atoms with Gasteiger partial charge < -0.3 is 4.74 Å². The number of ether oxygens (including phenoxy) is 1. The molecule has 0 unspecified atom stereocenters. The predicted octanol–water partition coefficient (Wildman–Crippen LogP) is 14.6. The molecule has 4 aliphatic rings. The van der Waals surface area contributed by atoms with Gasteiger partial charge in [0.15, 0.2) is 0 Å². The average molecular weight is 689 g/mol. The summed E-state index contributed by atoms with van der Waals surface area (Å²) >= 11 is 0. The Morgan fingerprint density at radius 2 is 1.48 bits per heavy atom. The van der Waals surface area contributed by atoms with Crippen LogP contribution in [0.1, 0.15) is 190 Å². The van der Waals surface area contributed by atoms with Gasteiger partial charge >= 0.3 is 5.97 Å². The van der Waals surface area contributed by atoms with Crippen LogP contribution in [-0.4, -0.2) is 12.1 Å². The van der Waals surface area contributed by atoms with Crippen molar-refractivity contribution in [2.75, 3.05) is 0 Å². The van der Waals surface area contributed by atoms with Gasteiger partial charge in [-0.25, -0.2) is 0 Å². The SMILES string of the molecule is CC/C=C\C/C=C\C/C=C\CCCCCCCCCC(=O)O[C@H]1CC[C@@]2(C)C(=CC[C@H]3[C@@H]4CC[C@H]([C@H](C)CC[C@@H](C)C(C)C)[C@@]4(C)CC[C@@H]32)C1. The summed E-state index contributed by atoms with van der Waals surface area (Å²) in [6.45, 7) is 17.3. The number of allylic oxidation sites excluding steroid dienone is 7. The second-order valence-corrected chi connectivity index (χ2v) is 18.4. The van der Waals surface area contributed by atoms with Gasteiger partial charge in [0.25, 0.3) is 0 Å². The Bertz CT molecular complexity index is 1120. The van der Waals surface area contributed by atoms with Crippen molar-refractivity contribution in [1.82, 2.24) is 0 Å². The highest BCUT2D eigenvalue weighted by molar-refractivity contribution is 5.69. The van der Waals surface area contributed by atoms with Crippen LogP contribution in [0, 0.1) is 52.3 Å². The molecule has 2 nitrogen and oxygen atoms in total. The van der Waals surface area contributed by atoms with Crippen LogP contribution in [-0.2, 0) is 9.53 Å². The quantitative estimate of drug-likeness (QED) is 0.0681. The van der Waals surface area contributed by atoms with Gasteiger partial charge in [0.05, 0.1) is 0 Å². The summed E-state index contributed by atoms with van der Waals surface area (Å²) in [5.74, 6) is 6.06. The summed E-state index contributed by atoms with van der Waals surface area (Å²) in [5.41, 5.74) is 2.50. The number of hydrogen-bond acceptors (Lipinski definition) is 2. The maximum atomic E-state index is 12.8. The third kappa shape index (κ3) is 11.2. The van der Waals surface area contributed by atoms with E-state index in [9.17, 15) is 4.79 Å². The molecule has 0 aliphatic heterocycles. The fourth-order valence-electron chi connectivity index (χ4n) is 11.3. The summed E-state index contributed by atoms with van der Waals surface area (Å²) in [6, 6.07) is 0. The van der Waals surface area contributed by atoms with Crippen molar-refractivity contribution in [2.24, 2.45) is 52.3 Å². The number of fused-ring (bicyclic) bond motifs is 5. The molecule has 3 fully saturated rings. The van der Waals surface area contributed by atoms with E-state index >= 15 is 0 Å². The standard InChI is InChI=1S/C48H80O2/c1-8-9-10-11-12-13-14-15-16-17-18-19-20-21-22-23-24-25-46(49)50-41-32-34-47(6)40(36-41)28-29-42-44-31-30-43(48(44,7)35-33-45(42)47)39(5)27-26-38(4)37(2)3/h9-10,12-13,15-16,28,37-39,41-45H,8,11,14,17-27,29-36H2,1-7H3/b10-9-,13-12-,16-15-/t38-,39-,41+,42+,43-,44+,45+,47+,48-/m1/s1. The molecule has 2 heteroatoms. The van der Waals surface area contributed by atoms with Crippen LogP contribution >= 0.6 is 0 Å². The molecule has 0 bridgehead atoms. The lowest BCUT2D eigenvalue weighted by molar-refractivity contribution is -0.151. The molecule has 284 valence electrons. The third-order valence-corrected chi connectivity index (χ3v) is 14.9. The van der Waals surface area contributed by atoms with Crippen molar-refractivity contribution in [3.8, 4) is 0 Å². The summed E-state index contributed by atoms with van der Waals surface area (Å²) < 4.78 is 6.14. The molecule has 3 saturated carbocycles. The highest BCUT2D eigenvalue weighted by atomic mass is 16.5. The first-order chi connectivity index (χ1) is 24.1. The highest BCUT2D eigenvalue weighted by Gasteiger charge is 2.59. The van der Waals surface area contributed by atoms with Crippen LogP contribution < -0.4 is 0 Å². The Morgan fingerprint density at radius 1 is 0.800 bits per heavy atom. The van der Waals surface area contributed by atoms with Gasteiger partial charge in [-0.05, 0) is 136 Å². The van der Waals surface area contributed by atoms with Gasteiger partial charge in [-0.2, -0.15) is 0 Å². The molecule has 4 aliphatic carbocycles. The Kier molecular flexibility index (Phi) is 17.0. The fraction of sp³-hybridized carbons (Fsp3) is 0.812. The lowest BCUT2D eigenvalue weighted by Crippen LogP contribution is -2.51. The number of carbonyl (C=O) groups is 1. The van der Waals surface area contributed by atoms with E-state index in [1.54, 1.807) is 5.57 Å². The molecular formula is C48H80O2. The van der Waals surface area contributed by atoms with Crippen molar-refractivity contribution < 1.29 is 9.53 Å². The van der Waals surface area contributed by atoms with E-state index < -0.39 is 0 Å². The Balaban J connectivity index is 1.10. The minimum Gasteiger partial charge on any atom is -0.462 e. The van der Waals surface area contributed by atoms with Crippen molar-refractivity contribution >= 4 is 5.97 Å². The largest absolute Gasteiger partial charge is 0.462 e. The van der Waals surface area contributed by atoms with Gasteiger partial charge in [0, 0.05) is 12.8 Å². The Labute approximate surface area is 310 Å². The normalized spacial score (nSPS) is 32.3. The average Bonchev–Trinajstić information content (AvgIpc) is 3.45. The Hall–Kier alpha value is -1.57. The zero-order chi connectivity index (χ0) is 36.0. The molecule has 4 rings (SSSR count). The van der Waals surface area contributed by atoms with Crippen LogP contribution in [0.2, 0.25) is 0 Å². The van der Waals surface area contributed by atoms with Crippen molar-refractivity contribution in [2.45, 2.75) is 196 Å². The molecule has 0 spiro atoms. The van der Waals surface area contributed by atoms with E-state index in [1.807, 2.05) is 0 Å². The van der Waals surface area contributed by atoms with Crippen molar-refractivity contribution in [3.05, 3.63) is 48.1 Å². The van der Waals surface area contributed by atoms with Crippen molar-refractivity contribution in [1.29, 1.82) is 0 Å². The number of hydrogen-bond donors (Lipinski definition) is 0. The van der Waals surface area contributed by atoms with Gasteiger partial charge in [-0.3, -0.25) is 4.79 Å². The van der Waals surface area contributed by atoms with E-state index in [1.165, 1.54) is 89.9 Å². The van der Waals surface area contributed by atoms with E-state index in [0.717, 1.165) is 86.4 Å². The van der Waals surface area contributed by atoms with Crippen LogP contribution in [0.5, 0.6) is 0 Å². The summed E-state index contributed by atoms with van der Waals surface area (Å²) in [5, 5.41) is 0. The molecule has 0 N–H and O–H groups in total. The zero-order valence-corrected chi connectivity index (χ0v) is 34.0. The van der Waals surface area contributed by atoms with Gasteiger partial charge in [0.2, 0.25) is 0 Å². The molecule has 0 aromatic rings. The second-order valence-electron chi connectivity index (χ2n) is 18.4. The molecule has 0 aromatic carbocycles.